The average molecular weight is 797 g/mol. The summed E-state index contributed by atoms with van der Waals surface area (Å²) in [6, 6.07) is 23.0. The standard InChI is InChI=1S/C18H21ClNO5P.C17H20ClN2O5P/c1-13(2)23-18(21)14(3)20-26(22,24-16-9-5-4-6-10-16)25-17-11-7-8-15(19)12-17;1-12(2)23-17(21)13(3)20-26(22,24-15-7-5-4-6-8-15)25-16-9-14(18)10-19-11-16/h4-14H,1-3H3,(H,20,22);4-13H,1-3H3,(H,20,22)/t14-,26+;13-,26-/m10/s1. The molecule has 280 valence electrons. The van der Waals surface area contributed by atoms with Crippen LogP contribution in [0.3, 0.4) is 0 Å². The van der Waals surface area contributed by atoms with Gasteiger partial charge >= 0.3 is 27.4 Å². The van der Waals surface area contributed by atoms with Crippen LogP contribution >= 0.6 is 38.7 Å². The van der Waals surface area contributed by atoms with Crippen LogP contribution in [0.4, 0.5) is 0 Å². The van der Waals surface area contributed by atoms with Crippen molar-refractivity contribution < 1.29 is 46.3 Å². The Kier molecular flexibility index (Phi) is 16.5. The lowest BCUT2D eigenvalue weighted by atomic mass is 10.3. The zero-order valence-electron chi connectivity index (χ0n) is 29.3. The van der Waals surface area contributed by atoms with Crippen LogP contribution in [0.15, 0.2) is 103 Å². The fourth-order valence-electron chi connectivity index (χ4n) is 3.88. The van der Waals surface area contributed by atoms with Crippen LogP contribution in [0.5, 0.6) is 23.0 Å². The smallest absolute Gasteiger partial charge is 0.462 e. The molecule has 0 fully saturated rings. The minimum Gasteiger partial charge on any atom is -0.462 e. The first kappa shape index (κ1) is 42.3. The number of aromatic nitrogens is 1. The van der Waals surface area contributed by atoms with Crippen molar-refractivity contribution >= 4 is 50.6 Å². The maximum atomic E-state index is 13.3. The third-order valence-corrected chi connectivity index (χ3v) is 9.63. The number of halogens is 2. The Morgan fingerprint density at radius 1 is 0.558 bits per heavy atom. The predicted octanol–water partition coefficient (Wildman–Crippen LogP) is 9.07. The first-order valence-corrected chi connectivity index (χ1v) is 19.8. The first-order chi connectivity index (χ1) is 24.5. The highest BCUT2D eigenvalue weighted by molar-refractivity contribution is 7.52. The lowest BCUT2D eigenvalue weighted by Crippen LogP contribution is -2.36. The molecule has 0 saturated carbocycles. The van der Waals surface area contributed by atoms with Crippen LogP contribution in [-0.2, 0) is 28.2 Å². The molecule has 0 saturated heterocycles. The minimum absolute atomic E-state index is 0.133. The van der Waals surface area contributed by atoms with Crippen molar-refractivity contribution in [2.75, 3.05) is 0 Å². The normalized spacial score (nSPS) is 14.3. The summed E-state index contributed by atoms with van der Waals surface area (Å²) in [5, 5.41) is 5.91. The number of nitrogens with one attached hydrogen (secondary N) is 2. The number of nitrogens with zero attached hydrogens (tertiary/aromatic N) is 1. The summed E-state index contributed by atoms with van der Waals surface area (Å²) in [4.78, 5) is 28.0. The van der Waals surface area contributed by atoms with Gasteiger partial charge in [0, 0.05) is 17.3 Å². The Hall–Kier alpha value is -4.09. The van der Waals surface area contributed by atoms with Crippen molar-refractivity contribution in [2.24, 2.45) is 0 Å². The van der Waals surface area contributed by atoms with E-state index < -0.39 is 39.5 Å². The van der Waals surface area contributed by atoms with E-state index in [1.807, 2.05) is 0 Å². The second-order valence-electron chi connectivity index (χ2n) is 11.5. The Labute approximate surface area is 313 Å². The number of hydrogen-bond donors (Lipinski definition) is 2. The number of esters is 2. The molecule has 4 rings (SSSR count). The van der Waals surface area contributed by atoms with Gasteiger partial charge in [0.1, 0.15) is 29.3 Å². The number of carbonyl (C=O) groups is 2. The van der Waals surface area contributed by atoms with E-state index in [1.165, 1.54) is 38.4 Å². The Bertz CT molecular complexity index is 1710. The summed E-state index contributed by atoms with van der Waals surface area (Å²) < 4.78 is 58.8. The molecule has 1 heterocycles. The molecule has 4 atom stereocenters. The van der Waals surface area contributed by atoms with E-state index in [0.717, 1.165) is 0 Å². The number of hydrogen-bond acceptors (Lipinski definition) is 11. The number of para-hydroxylation sites is 2. The molecule has 17 heteroatoms. The zero-order chi connectivity index (χ0) is 38.3. The predicted molar refractivity (Wildman–Crippen MR) is 199 cm³/mol. The number of benzene rings is 3. The lowest BCUT2D eigenvalue weighted by Gasteiger charge is -2.23. The maximum Gasteiger partial charge on any atom is 0.513 e. The molecule has 52 heavy (non-hydrogen) atoms. The number of ether oxygens (including phenoxy) is 2. The zero-order valence-corrected chi connectivity index (χ0v) is 32.6. The maximum absolute atomic E-state index is 13.3. The number of carbonyl (C=O) groups excluding carboxylic acids is 2. The SMILES string of the molecule is CC(C)OC(=O)[C@@H](C)N[P@](=O)(Oc1ccccc1)Oc1cccc(Cl)c1.CC(C)OC(=O)[C@H](C)N[P@](=O)(Oc1ccccc1)Oc1cncc(Cl)c1. The van der Waals surface area contributed by atoms with Crippen LogP contribution in [0.1, 0.15) is 41.5 Å². The molecule has 13 nitrogen and oxygen atoms in total. The van der Waals surface area contributed by atoms with Gasteiger partial charge in [-0.2, -0.15) is 10.2 Å². The molecule has 4 aromatic rings. The highest BCUT2D eigenvalue weighted by atomic mass is 35.5. The molecule has 1 aromatic heterocycles. The van der Waals surface area contributed by atoms with E-state index in [1.54, 1.807) is 107 Å². The molecule has 0 radical (unpaired) electrons. The summed E-state index contributed by atoms with van der Waals surface area (Å²) in [5.41, 5.74) is 0. The largest absolute Gasteiger partial charge is 0.513 e. The molecule has 0 spiro atoms. The van der Waals surface area contributed by atoms with Gasteiger partial charge in [-0.05, 0) is 84.0 Å². The first-order valence-electron chi connectivity index (χ1n) is 16.0. The highest BCUT2D eigenvalue weighted by Gasteiger charge is 2.35. The molecule has 0 amide bonds. The third kappa shape index (κ3) is 15.3. The van der Waals surface area contributed by atoms with E-state index in [4.69, 9.17) is 50.8 Å². The van der Waals surface area contributed by atoms with Gasteiger partial charge in [0.25, 0.3) is 0 Å². The number of rotatable bonds is 16. The second-order valence-corrected chi connectivity index (χ2v) is 15.6. The van der Waals surface area contributed by atoms with Gasteiger partial charge in [-0.3, -0.25) is 14.6 Å². The molecule has 3 aromatic carbocycles. The van der Waals surface area contributed by atoms with Crippen molar-refractivity contribution in [1.29, 1.82) is 0 Å². The summed E-state index contributed by atoms with van der Waals surface area (Å²) in [7, 11) is -7.93. The van der Waals surface area contributed by atoms with E-state index in [2.05, 4.69) is 15.2 Å². The van der Waals surface area contributed by atoms with Gasteiger partial charge in [-0.15, -0.1) is 0 Å². The fourth-order valence-corrected chi connectivity index (χ4v) is 7.23. The van der Waals surface area contributed by atoms with Crippen molar-refractivity contribution in [3.05, 3.63) is 113 Å². The van der Waals surface area contributed by atoms with Crippen LogP contribution in [0.25, 0.3) is 0 Å². The van der Waals surface area contributed by atoms with Gasteiger partial charge < -0.3 is 27.6 Å². The van der Waals surface area contributed by atoms with E-state index in [9.17, 15) is 18.7 Å². The number of pyridine rings is 1. The van der Waals surface area contributed by atoms with Gasteiger partial charge in [0.2, 0.25) is 0 Å². The summed E-state index contributed by atoms with van der Waals surface area (Å²) in [6.45, 7) is 9.93. The van der Waals surface area contributed by atoms with Gasteiger partial charge in [-0.1, -0.05) is 65.7 Å². The van der Waals surface area contributed by atoms with E-state index >= 15 is 0 Å². The minimum atomic E-state index is -3.99. The fraction of sp³-hybridized carbons (Fsp3) is 0.286. The van der Waals surface area contributed by atoms with Gasteiger partial charge in [-0.25, -0.2) is 9.13 Å². The quantitative estimate of drug-likeness (QED) is 0.0817. The monoisotopic (exact) mass is 795 g/mol. The second kappa shape index (κ2) is 20.2. The average Bonchev–Trinajstić information content (AvgIpc) is 3.05. The van der Waals surface area contributed by atoms with E-state index in [0.29, 0.717) is 21.5 Å². The summed E-state index contributed by atoms with van der Waals surface area (Å²) >= 11 is 11.8. The van der Waals surface area contributed by atoms with Crippen LogP contribution in [0, 0.1) is 0 Å². The van der Waals surface area contributed by atoms with Crippen molar-refractivity contribution in [2.45, 2.75) is 65.8 Å². The molecule has 0 aliphatic rings. The molecule has 2 N–H and O–H groups in total. The molecule has 0 aliphatic carbocycles. The summed E-state index contributed by atoms with van der Waals surface area (Å²) in [5.74, 6) is -0.129. The summed E-state index contributed by atoms with van der Waals surface area (Å²) in [6.07, 6.45) is 2.15. The molecular weight excluding hydrogens is 755 g/mol. The molecule has 0 unspecified atom stereocenters. The Balaban J connectivity index is 0.000000280. The van der Waals surface area contributed by atoms with Crippen molar-refractivity contribution in [3.63, 3.8) is 0 Å². The molecular formula is C35H41Cl2N3O10P2. The molecule has 0 aliphatic heterocycles. The van der Waals surface area contributed by atoms with Crippen LogP contribution < -0.4 is 28.3 Å². The Morgan fingerprint density at radius 2 is 0.962 bits per heavy atom. The topological polar surface area (TPSA) is 161 Å². The van der Waals surface area contributed by atoms with Gasteiger partial charge in [0.05, 0.1) is 23.4 Å². The molecule has 0 bridgehead atoms. The highest BCUT2D eigenvalue weighted by Crippen LogP contribution is 2.46. The lowest BCUT2D eigenvalue weighted by molar-refractivity contribution is -0.149. The van der Waals surface area contributed by atoms with E-state index in [-0.39, 0.29) is 23.7 Å². The van der Waals surface area contributed by atoms with Crippen LogP contribution in [0.2, 0.25) is 10.0 Å². The van der Waals surface area contributed by atoms with Crippen LogP contribution in [-0.4, -0.2) is 41.2 Å². The Morgan fingerprint density at radius 3 is 1.38 bits per heavy atom. The van der Waals surface area contributed by atoms with Crippen molar-refractivity contribution in [3.8, 4) is 23.0 Å². The van der Waals surface area contributed by atoms with Gasteiger partial charge in [0.15, 0.2) is 5.75 Å². The van der Waals surface area contributed by atoms with Crippen molar-refractivity contribution in [1.82, 2.24) is 15.2 Å². The third-order valence-electron chi connectivity index (χ3n) is 5.98.